The van der Waals surface area contributed by atoms with Crippen molar-refractivity contribution < 1.29 is 23.5 Å². The van der Waals surface area contributed by atoms with Gasteiger partial charge in [0.1, 0.15) is 5.82 Å². The molecule has 0 aliphatic carbocycles. The van der Waals surface area contributed by atoms with Gasteiger partial charge in [0.25, 0.3) is 0 Å². The lowest BCUT2D eigenvalue weighted by atomic mass is 10.0. The van der Waals surface area contributed by atoms with E-state index in [1.807, 2.05) is 29.2 Å². The lowest BCUT2D eigenvalue weighted by molar-refractivity contribution is -0.139. The second-order valence-corrected chi connectivity index (χ2v) is 7.81. The van der Waals surface area contributed by atoms with Gasteiger partial charge in [0, 0.05) is 39.3 Å². The number of fused-ring (bicyclic) bond motifs is 1. The maximum atomic E-state index is 14.2. The highest BCUT2D eigenvalue weighted by Gasteiger charge is 2.28. The molecule has 9 heteroatoms. The summed E-state index contributed by atoms with van der Waals surface area (Å²) in [7, 11) is 0. The Balaban J connectivity index is 1.47. The van der Waals surface area contributed by atoms with Gasteiger partial charge in [-0.15, -0.1) is 6.58 Å². The first-order chi connectivity index (χ1) is 16.1. The topological polar surface area (TPSA) is 83.1 Å². The number of hydrogen-bond acceptors (Lipinski definition) is 6. The van der Waals surface area contributed by atoms with E-state index in [1.54, 1.807) is 12.1 Å². The largest absolute Gasteiger partial charge is 0.454 e. The number of benzene rings is 2. The zero-order valence-corrected chi connectivity index (χ0v) is 18.3. The van der Waals surface area contributed by atoms with Crippen LogP contribution in [0.3, 0.4) is 0 Å². The summed E-state index contributed by atoms with van der Waals surface area (Å²) in [5.74, 6) is -0.320. The van der Waals surface area contributed by atoms with Crippen LogP contribution in [0.2, 0.25) is 0 Å². The molecule has 1 saturated heterocycles. The van der Waals surface area contributed by atoms with Crippen molar-refractivity contribution in [1.29, 1.82) is 0 Å². The number of halogens is 1. The number of piperazine rings is 1. The molecule has 1 fully saturated rings. The number of anilines is 1. The monoisotopic (exact) mass is 454 g/mol. The zero-order chi connectivity index (χ0) is 23.2. The molecule has 2 aliphatic rings. The van der Waals surface area contributed by atoms with Crippen molar-refractivity contribution in [2.24, 2.45) is 0 Å². The molecule has 2 aromatic carbocycles. The molecule has 33 heavy (non-hydrogen) atoms. The third kappa shape index (κ3) is 5.25. The van der Waals surface area contributed by atoms with Gasteiger partial charge in [-0.3, -0.25) is 14.5 Å². The summed E-state index contributed by atoms with van der Waals surface area (Å²) >= 11 is 0. The summed E-state index contributed by atoms with van der Waals surface area (Å²) in [6.07, 6.45) is 1.51. The number of carbonyl (C=O) groups excluding carboxylic acids is 2. The Bertz CT molecular complexity index is 1020. The van der Waals surface area contributed by atoms with Crippen LogP contribution in [0.15, 0.2) is 55.1 Å². The van der Waals surface area contributed by atoms with Gasteiger partial charge in [-0.25, -0.2) is 4.39 Å². The number of hydrogen-bond donors (Lipinski definition) is 2. The lowest BCUT2D eigenvalue weighted by Crippen LogP contribution is -2.51. The minimum absolute atomic E-state index is 0.172. The van der Waals surface area contributed by atoms with Crippen molar-refractivity contribution in [3.05, 3.63) is 66.5 Å². The first-order valence-corrected chi connectivity index (χ1v) is 10.9. The number of amides is 2. The Morgan fingerprint density at radius 2 is 1.76 bits per heavy atom. The first-order valence-electron chi connectivity index (χ1n) is 10.9. The molecule has 2 N–H and O–H groups in total. The fourth-order valence-electron chi connectivity index (χ4n) is 4.08. The Kier molecular flexibility index (Phi) is 7.09. The SMILES string of the molecule is C=CCNC(=O)C(=O)NC[C@@H](c1ccc2c(c1)OCO2)N1CCN(c2ccccc2F)CC1. The molecule has 2 amide bonds. The van der Waals surface area contributed by atoms with E-state index in [0.29, 0.717) is 43.4 Å². The highest BCUT2D eigenvalue weighted by Crippen LogP contribution is 2.35. The van der Waals surface area contributed by atoms with E-state index in [9.17, 15) is 14.0 Å². The number of para-hydroxylation sites is 1. The highest BCUT2D eigenvalue weighted by molar-refractivity contribution is 6.35. The molecule has 2 aromatic rings. The minimum atomic E-state index is -0.705. The van der Waals surface area contributed by atoms with E-state index in [-0.39, 0.29) is 31.7 Å². The molecule has 0 unspecified atom stereocenters. The summed E-state index contributed by atoms with van der Waals surface area (Å²) in [5.41, 5.74) is 1.52. The van der Waals surface area contributed by atoms with Gasteiger partial charge < -0.3 is 25.0 Å². The molecule has 0 saturated carbocycles. The molecule has 0 aromatic heterocycles. The third-order valence-corrected chi connectivity index (χ3v) is 5.80. The van der Waals surface area contributed by atoms with Crippen LogP contribution < -0.4 is 25.0 Å². The van der Waals surface area contributed by atoms with Crippen LogP contribution in [-0.4, -0.2) is 62.8 Å². The number of carbonyl (C=O) groups is 2. The summed E-state index contributed by atoms with van der Waals surface area (Å²) in [5, 5.41) is 5.21. The quantitative estimate of drug-likeness (QED) is 0.491. The fraction of sp³-hybridized carbons (Fsp3) is 0.333. The standard InChI is InChI=1S/C24H27FN4O4/c1-2-9-26-23(30)24(31)27-15-20(17-7-8-21-22(14-17)33-16-32-21)29-12-10-28(11-13-29)19-6-4-3-5-18(19)25/h2-8,14,20H,1,9-13,15-16H2,(H,26,30)(H,27,31)/t20-/m0/s1. The first kappa shape index (κ1) is 22.6. The summed E-state index contributed by atoms with van der Waals surface area (Å²) in [4.78, 5) is 28.4. The second kappa shape index (κ2) is 10.4. The Hall–Kier alpha value is -3.59. The third-order valence-electron chi connectivity index (χ3n) is 5.80. The molecule has 4 rings (SSSR count). The molecule has 0 spiro atoms. The van der Waals surface area contributed by atoms with E-state index in [4.69, 9.17) is 9.47 Å². The minimum Gasteiger partial charge on any atom is -0.454 e. The number of ether oxygens (including phenoxy) is 2. The van der Waals surface area contributed by atoms with Crippen molar-refractivity contribution >= 4 is 17.5 Å². The van der Waals surface area contributed by atoms with E-state index < -0.39 is 11.8 Å². The molecule has 0 radical (unpaired) electrons. The molecule has 174 valence electrons. The molecule has 1 atom stereocenters. The van der Waals surface area contributed by atoms with Crippen LogP contribution in [0, 0.1) is 5.82 Å². The number of rotatable bonds is 7. The van der Waals surface area contributed by atoms with Crippen LogP contribution in [0.1, 0.15) is 11.6 Å². The van der Waals surface area contributed by atoms with E-state index in [1.165, 1.54) is 12.1 Å². The van der Waals surface area contributed by atoms with Gasteiger partial charge in [0.2, 0.25) is 6.79 Å². The molecule has 2 aliphatic heterocycles. The van der Waals surface area contributed by atoms with Crippen molar-refractivity contribution in [3.8, 4) is 11.5 Å². The van der Waals surface area contributed by atoms with Crippen LogP contribution in [-0.2, 0) is 9.59 Å². The van der Waals surface area contributed by atoms with Crippen molar-refractivity contribution in [2.75, 3.05) is 51.0 Å². The maximum absolute atomic E-state index is 14.2. The van der Waals surface area contributed by atoms with E-state index in [2.05, 4.69) is 22.1 Å². The van der Waals surface area contributed by atoms with Crippen LogP contribution in [0.25, 0.3) is 0 Å². The van der Waals surface area contributed by atoms with Crippen LogP contribution >= 0.6 is 0 Å². The average Bonchev–Trinajstić information content (AvgIpc) is 3.31. The normalized spacial score (nSPS) is 16.2. The van der Waals surface area contributed by atoms with Gasteiger partial charge in [-0.2, -0.15) is 0 Å². The number of nitrogens with one attached hydrogen (secondary N) is 2. The zero-order valence-electron chi connectivity index (χ0n) is 18.3. The fourth-order valence-corrected chi connectivity index (χ4v) is 4.08. The smallest absolute Gasteiger partial charge is 0.309 e. The van der Waals surface area contributed by atoms with Crippen molar-refractivity contribution in [3.63, 3.8) is 0 Å². The van der Waals surface area contributed by atoms with Crippen LogP contribution in [0.5, 0.6) is 11.5 Å². The maximum Gasteiger partial charge on any atom is 0.309 e. The predicted molar refractivity (Wildman–Crippen MR) is 122 cm³/mol. The average molecular weight is 455 g/mol. The summed E-state index contributed by atoms with van der Waals surface area (Å²) in [6, 6.07) is 12.2. The number of nitrogens with zero attached hydrogens (tertiary/aromatic N) is 2. The molecule has 2 heterocycles. The summed E-state index contributed by atoms with van der Waals surface area (Å²) < 4.78 is 25.2. The van der Waals surface area contributed by atoms with Gasteiger partial charge in [0.15, 0.2) is 11.5 Å². The highest BCUT2D eigenvalue weighted by atomic mass is 19.1. The Morgan fingerprint density at radius 3 is 2.52 bits per heavy atom. The van der Waals surface area contributed by atoms with Crippen molar-refractivity contribution in [2.45, 2.75) is 6.04 Å². The predicted octanol–water partition coefficient (Wildman–Crippen LogP) is 1.84. The Labute approximate surface area is 192 Å². The van der Waals surface area contributed by atoms with Crippen LogP contribution in [0.4, 0.5) is 10.1 Å². The van der Waals surface area contributed by atoms with Gasteiger partial charge in [-0.05, 0) is 29.8 Å². The second-order valence-electron chi connectivity index (χ2n) is 7.81. The Morgan fingerprint density at radius 1 is 1.03 bits per heavy atom. The molecule has 8 nitrogen and oxygen atoms in total. The molecular weight excluding hydrogens is 427 g/mol. The van der Waals surface area contributed by atoms with Crippen molar-refractivity contribution in [1.82, 2.24) is 15.5 Å². The van der Waals surface area contributed by atoms with E-state index in [0.717, 1.165) is 5.56 Å². The molecular formula is C24H27FN4O4. The van der Waals surface area contributed by atoms with E-state index >= 15 is 0 Å². The van der Waals surface area contributed by atoms with Gasteiger partial charge >= 0.3 is 11.8 Å². The summed E-state index contributed by atoms with van der Waals surface area (Å²) in [6.45, 7) is 6.74. The van der Waals surface area contributed by atoms with Gasteiger partial charge in [0.05, 0.1) is 11.7 Å². The lowest BCUT2D eigenvalue weighted by Gasteiger charge is -2.40. The molecule has 0 bridgehead atoms. The van der Waals surface area contributed by atoms with Gasteiger partial charge in [-0.1, -0.05) is 24.3 Å².